The molecule has 3 rings (SSSR count). The molecule has 1 fully saturated rings. The van der Waals surface area contributed by atoms with E-state index in [2.05, 4.69) is 14.9 Å². The van der Waals surface area contributed by atoms with E-state index in [1.54, 1.807) is 11.0 Å². The standard InChI is InChI=1S/C17H19ClN4O2/c1-13-19-15(18)11-16(20-13)21-7-9-22(10-8-21)17(23)24-12-14-5-3-2-4-6-14/h2-6,11H,7-10,12H2,1H3. The van der Waals surface area contributed by atoms with Crippen LogP contribution in [0.15, 0.2) is 36.4 Å². The van der Waals surface area contributed by atoms with Crippen LogP contribution < -0.4 is 4.90 Å². The summed E-state index contributed by atoms with van der Waals surface area (Å²) in [6.07, 6.45) is -0.282. The molecule has 0 unspecified atom stereocenters. The molecule has 7 heteroatoms. The van der Waals surface area contributed by atoms with Crippen molar-refractivity contribution in [2.75, 3.05) is 31.1 Å². The molecule has 0 spiro atoms. The summed E-state index contributed by atoms with van der Waals surface area (Å²) in [6, 6.07) is 11.4. The molecule has 1 aliphatic rings. The average molecular weight is 347 g/mol. The van der Waals surface area contributed by atoms with E-state index in [9.17, 15) is 4.79 Å². The minimum Gasteiger partial charge on any atom is -0.445 e. The summed E-state index contributed by atoms with van der Waals surface area (Å²) >= 11 is 5.99. The van der Waals surface area contributed by atoms with Gasteiger partial charge in [0.05, 0.1) is 0 Å². The van der Waals surface area contributed by atoms with Crippen LogP contribution in [0.25, 0.3) is 0 Å². The lowest BCUT2D eigenvalue weighted by Gasteiger charge is -2.34. The number of ether oxygens (including phenoxy) is 1. The third kappa shape index (κ3) is 4.14. The molecule has 1 aromatic heterocycles. The lowest BCUT2D eigenvalue weighted by atomic mass is 10.2. The lowest BCUT2D eigenvalue weighted by Crippen LogP contribution is -2.49. The van der Waals surface area contributed by atoms with Crippen molar-refractivity contribution >= 4 is 23.5 Å². The molecule has 1 aromatic carbocycles. The summed E-state index contributed by atoms with van der Waals surface area (Å²) in [6.45, 7) is 4.66. The number of halogens is 1. The highest BCUT2D eigenvalue weighted by Crippen LogP contribution is 2.18. The second kappa shape index (κ2) is 7.49. The Morgan fingerprint density at radius 2 is 1.88 bits per heavy atom. The SMILES string of the molecule is Cc1nc(Cl)cc(N2CCN(C(=O)OCc3ccccc3)CC2)n1. The number of carbonyl (C=O) groups is 1. The maximum Gasteiger partial charge on any atom is 0.410 e. The van der Waals surface area contributed by atoms with Gasteiger partial charge in [0.15, 0.2) is 0 Å². The van der Waals surface area contributed by atoms with Crippen LogP contribution in [0, 0.1) is 6.92 Å². The zero-order chi connectivity index (χ0) is 16.9. The Balaban J connectivity index is 1.52. The van der Waals surface area contributed by atoms with Gasteiger partial charge in [0.25, 0.3) is 0 Å². The average Bonchev–Trinajstić information content (AvgIpc) is 2.60. The molecule has 1 aliphatic heterocycles. The van der Waals surface area contributed by atoms with E-state index >= 15 is 0 Å². The number of hydrogen-bond acceptors (Lipinski definition) is 5. The fourth-order valence-corrected chi connectivity index (χ4v) is 2.83. The summed E-state index contributed by atoms with van der Waals surface area (Å²) in [5, 5.41) is 0.433. The molecule has 0 atom stereocenters. The van der Waals surface area contributed by atoms with Gasteiger partial charge in [-0.1, -0.05) is 41.9 Å². The number of aromatic nitrogens is 2. The van der Waals surface area contributed by atoms with Gasteiger partial charge in [-0.2, -0.15) is 0 Å². The number of nitrogens with zero attached hydrogens (tertiary/aromatic N) is 4. The fraction of sp³-hybridized carbons (Fsp3) is 0.353. The van der Waals surface area contributed by atoms with E-state index in [-0.39, 0.29) is 6.09 Å². The highest BCUT2D eigenvalue weighted by molar-refractivity contribution is 6.29. The van der Waals surface area contributed by atoms with Gasteiger partial charge in [0, 0.05) is 32.2 Å². The van der Waals surface area contributed by atoms with Gasteiger partial charge in [-0.25, -0.2) is 14.8 Å². The van der Waals surface area contributed by atoms with Gasteiger partial charge in [-0.3, -0.25) is 0 Å². The fourth-order valence-electron chi connectivity index (χ4n) is 2.61. The van der Waals surface area contributed by atoms with E-state index in [1.165, 1.54) is 0 Å². The van der Waals surface area contributed by atoms with Crippen molar-refractivity contribution in [3.8, 4) is 0 Å². The number of rotatable bonds is 3. The lowest BCUT2D eigenvalue weighted by molar-refractivity contribution is 0.0941. The van der Waals surface area contributed by atoms with Crippen molar-refractivity contribution in [2.45, 2.75) is 13.5 Å². The number of amides is 1. The van der Waals surface area contributed by atoms with Crippen LogP contribution in [0.3, 0.4) is 0 Å². The van der Waals surface area contributed by atoms with Gasteiger partial charge in [0.1, 0.15) is 23.4 Å². The van der Waals surface area contributed by atoms with Crippen molar-refractivity contribution in [3.63, 3.8) is 0 Å². The van der Waals surface area contributed by atoms with E-state index in [0.717, 1.165) is 11.4 Å². The van der Waals surface area contributed by atoms with Gasteiger partial charge in [-0.15, -0.1) is 0 Å². The molecule has 0 radical (unpaired) electrons. The molecule has 0 saturated carbocycles. The minimum atomic E-state index is -0.282. The second-order valence-electron chi connectivity index (χ2n) is 5.61. The van der Waals surface area contributed by atoms with Crippen molar-refractivity contribution in [2.24, 2.45) is 0 Å². The summed E-state index contributed by atoms with van der Waals surface area (Å²) < 4.78 is 5.37. The zero-order valence-corrected chi connectivity index (χ0v) is 14.2. The van der Waals surface area contributed by atoms with Crippen LogP contribution in [-0.2, 0) is 11.3 Å². The molecule has 0 bridgehead atoms. The molecule has 0 N–H and O–H groups in total. The maximum absolute atomic E-state index is 12.2. The molecule has 2 heterocycles. The van der Waals surface area contributed by atoms with Crippen LogP contribution in [0.2, 0.25) is 5.15 Å². The summed E-state index contributed by atoms with van der Waals surface area (Å²) in [5.41, 5.74) is 0.982. The number of anilines is 1. The Bertz CT molecular complexity index is 683. The number of carbonyl (C=O) groups excluding carboxylic acids is 1. The first-order chi connectivity index (χ1) is 11.6. The van der Waals surface area contributed by atoms with Crippen LogP contribution in [0.1, 0.15) is 11.4 Å². The normalized spacial score (nSPS) is 14.6. The van der Waals surface area contributed by atoms with Gasteiger partial charge < -0.3 is 14.5 Å². The molecular weight excluding hydrogens is 328 g/mol. The van der Waals surface area contributed by atoms with Gasteiger partial charge in [0.2, 0.25) is 0 Å². The Morgan fingerprint density at radius 1 is 1.17 bits per heavy atom. The van der Waals surface area contributed by atoms with E-state index in [4.69, 9.17) is 16.3 Å². The monoisotopic (exact) mass is 346 g/mol. The maximum atomic E-state index is 12.2. The number of piperazine rings is 1. The highest BCUT2D eigenvalue weighted by atomic mass is 35.5. The van der Waals surface area contributed by atoms with Crippen molar-refractivity contribution in [3.05, 3.63) is 52.9 Å². The van der Waals surface area contributed by atoms with E-state index in [0.29, 0.717) is 43.8 Å². The number of benzene rings is 1. The Labute approximate surface area is 146 Å². The van der Waals surface area contributed by atoms with E-state index < -0.39 is 0 Å². The summed E-state index contributed by atoms with van der Waals surface area (Å²) in [7, 11) is 0. The molecular formula is C17H19ClN4O2. The third-order valence-corrected chi connectivity index (χ3v) is 4.05. The summed E-state index contributed by atoms with van der Waals surface area (Å²) in [4.78, 5) is 24.4. The smallest absolute Gasteiger partial charge is 0.410 e. The van der Waals surface area contributed by atoms with Crippen molar-refractivity contribution < 1.29 is 9.53 Å². The van der Waals surface area contributed by atoms with Crippen LogP contribution in [0.5, 0.6) is 0 Å². The van der Waals surface area contributed by atoms with Gasteiger partial charge >= 0.3 is 6.09 Å². The number of aryl methyl sites for hydroxylation is 1. The molecule has 1 amide bonds. The third-order valence-electron chi connectivity index (χ3n) is 3.86. The molecule has 0 aliphatic carbocycles. The predicted octanol–water partition coefficient (Wildman–Crippen LogP) is 2.90. The first-order valence-electron chi connectivity index (χ1n) is 7.83. The van der Waals surface area contributed by atoms with Crippen molar-refractivity contribution in [1.29, 1.82) is 0 Å². The van der Waals surface area contributed by atoms with Crippen LogP contribution >= 0.6 is 11.6 Å². The molecule has 1 saturated heterocycles. The van der Waals surface area contributed by atoms with Crippen molar-refractivity contribution in [1.82, 2.24) is 14.9 Å². The highest BCUT2D eigenvalue weighted by Gasteiger charge is 2.23. The largest absolute Gasteiger partial charge is 0.445 e. The molecule has 126 valence electrons. The quantitative estimate of drug-likeness (QED) is 0.800. The summed E-state index contributed by atoms with van der Waals surface area (Å²) in [5.74, 6) is 1.44. The van der Waals surface area contributed by atoms with Gasteiger partial charge in [-0.05, 0) is 12.5 Å². The zero-order valence-electron chi connectivity index (χ0n) is 13.5. The van der Waals surface area contributed by atoms with Crippen LogP contribution in [-0.4, -0.2) is 47.1 Å². The first kappa shape index (κ1) is 16.5. The molecule has 24 heavy (non-hydrogen) atoms. The molecule has 2 aromatic rings. The first-order valence-corrected chi connectivity index (χ1v) is 8.21. The Morgan fingerprint density at radius 3 is 2.54 bits per heavy atom. The second-order valence-corrected chi connectivity index (χ2v) is 6.00. The Hall–Kier alpha value is -2.34. The predicted molar refractivity (Wildman–Crippen MR) is 92.2 cm³/mol. The van der Waals surface area contributed by atoms with Crippen LogP contribution in [0.4, 0.5) is 10.6 Å². The number of hydrogen-bond donors (Lipinski definition) is 0. The Kier molecular flexibility index (Phi) is 5.15. The molecule has 6 nitrogen and oxygen atoms in total. The minimum absolute atomic E-state index is 0.282. The van der Waals surface area contributed by atoms with E-state index in [1.807, 2.05) is 37.3 Å². The topological polar surface area (TPSA) is 58.6 Å².